The van der Waals surface area contributed by atoms with Crippen LogP contribution in [0.4, 0.5) is 18.9 Å². The highest BCUT2D eigenvalue weighted by atomic mass is 32.2. The molecule has 2 atom stereocenters. The van der Waals surface area contributed by atoms with Crippen LogP contribution < -0.4 is 9.04 Å². The van der Waals surface area contributed by atoms with E-state index in [1.165, 1.54) is 16.4 Å². The summed E-state index contributed by atoms with van der Waals surface area (Å²) in [6.45, 7) is 6.20. The Morgan fingerprint density at radius 2 is 1.54 bits per heavy atom. The van der Waals surface area contributed by atoms with Crippen molar-refractivity contribution in [3.8, 4) is 5.75 Å². The highest BCUT2D eigenvalue weighted by Gasteiger charge is 2.31. The summed E-state index contributed by atoms with van der Waals surface area (Å²) in [7, 11) is 0. The Labute approximate surface area is 219 Å². The number of benzene rings is 3. The molecular formula is C28H35F3N2O3S. The van der Waals surface area contributed by atoms with Crippen molar-refractivity contribution in [2.75, 3.05) is 23.9 Å². The van der Waals surface area contributed by atoms with Gasteiger partial charge in [0.15, 0.2) is 0 Å². The van der Waals surface area contributed by atoms with E-state index < -0.39 is 17.6 Å². The Morgan fingerprint density at radius 1 is 0.919 bits per heavy atom. The fraction of sp³-hybridized carbons (Fsp3) is 0.429. The maximum Gasteiger partial charge on any atom is 0.573 e. The van der Waals surface area contributed by atoms with E-state index in [-0.39, 0.29) is 18.3 Å². The first-order chi connectivity index (χ1) is 17.7. The molecule has 3 aromatic rings. The van der Waals surface area contributed by atoms with Crippen molar-refractivity contribution in [1.82, 2.24) is 4.90 Å². The number of halogens is 3. The average Bonchev–Trinajstić information content (AvgIpc) is 2.86. The molecule has 202 valence electrons. The molecular weight excluding hydrogens is 501 g/mol. The minimum atomic E-state index is -4.74. The van der Waals surface area contributed by atoms with Gasteiger partial charge in [0.05, 0.1) is 5.69 Å². The summed E-state index contributed by atoms with van der Waals surface area (Å²) in [6, 6.07) is 19.3. The SMILES string of the molecule is CCCCN(CCCC)C(Cc1ccc(OC(F)(F)F)cc1)CN(c1ccc2ccccc2c1)S(=O)O. The van der Waals surface area contributed by atoms with Gasteiger partial charge >= 0.3 is 6.36 Å². The summed E-state index contributed by atoms with van der Waals surface area (Å²) in [5, 5.41) is 2.02. The van der Waals surface area contributed by atoms with Crippen LogP contribution in [0.5, 0.6) is 5.75 Å². The van der Waals surface area contributed by atoms with E-state index in [2.05, 4.69) is 23.5 Å². The highest BCUT2D eigenvalue weighted by molar-refractivity contribution is 7.80. The molecule has 3 aromatic carbocycles. The molecule has 0 aliphatic carbocycles. The van der Waals surface area contributed by atoms with Crippen LogP contribution in [0.3, 0.4) is 0 Å². The monoisotopic (exact) mass is 536 g/mol. The van der Waals surface area contributed by atoms with Crippen molar-refractivity contribution in [3.63, 3.8) is 0 Å². The van der Waals surface area contributed by atoms with Gasteiger partial charge in [0.25, 0.3) is 11.3 Å². The first kappa shape index (κ1) is 28.9. The van der Waals surface area contributed by atoms with Crippen LogP contribution in [-0.2, 0) is 17.7 Å². The Bertz CT molecular complexity index is 1130. The topological polar surface area (TPSA) is 53.0 Å². The first-order valence-corrected chi connectivity index (χ1v) is 13.7. The van der Waals surface area contributed by atoms with Crippen LogP contribution >= 0.6 is 0 Å². The van der Waals surface area contributed by atoms with Crippen molar-refractivity contribution in [3.05, 3.63) is 72.3 Å². The van der Waals surface area contributed by atoms with Crippen molar-refractivity contribution < 1.29 is 26.7 Å². The predicted molar refractivity (Wildman–Crippen MR) is 144 cm³/mol. The number of fused-ring (bicyclic) bond motifs is 1. The number of rotatable bonds is 14. The lowest BCUT2D eigenvalue weighted by molar-refractivity contribution is -0.274. The molecule has 0 aliphatic heterocycles. The molecule has 5 nitrogen and oxygen atoms in total. The summed E-state index contributed by atoms with van der Waals surface area (Å²) in [5.41, 5.74) is 1.48. The molecule has 9 heteroatoms. The minimum Gasteiger partial charge on any atom is -0.406 e. The van der Waals surface area contributed by atoms with E-state index >= 15 is 0 Å². The third-order valence-corrected chi connectivity index (χ3v) is 7.07. The van der Waals surface area contributed by atoms with Crippen LogP contribution in [-0.4, -0.2) is 45.7 Å². The molecule has 1 N–H and O–H groups in total. The summed E-state index contributed by atoms with van der Waals surface area (Å²) < 4.78 is 66.1. The Morgan fingerprint density at radius 3 is 2.11 bits per heavy atom. The van der Waals surface area contributed by atoms with Gasteiger partial charge in [-0.15, -0.1) is 13.2 Å². The highest BCUT2D eigenvalue weighted by Crippen LogP contribution is 2.26. The summed E-state index contributed by atoms with van der Waals surface area (Å²) in [4.78, 5) is 2.34. The summed E-state index contributed by atoms with van der Waals surface area (Å²) >= 11 is -2.26. The Kier molecular flexibility index (Phi) is 10.8. The van der Waals surface area contributed by atoms with Crippen molar-refractivity contribution in [1.29, 1.82) is 0 Å². The number of unbranched alkanes of at least 4 members (excludes halogenated alkanes) is 2. The number of alkyl halides is 3. The third-order valence-electron chi connectivity index (χ3n) is 6.33. The third kappa shape index (κ3) is 9.02. The standard InChI is InChI=1S/C28H35F3N2O3S/c1-3-5-17-32(18-6-4-2)26(19-22-11-15-27(16-12-22)36-28(29,30)31)21-33(37(34)35)25-14-13-23-9-7-8-10-24(23)20-25/h7-16,20,26H,3-6,17-19,21H2,1-2H3,(H,34,35). The Balaban J connectivity index is 1.90. The first-order valence-electron chi connectivity index (χ1n) is 12.7. The van der Waals surface area contributed by atoms with E-state index in [0.29, 0.717) is 12.1 Å². The van der Waals surface area contributed by atoms with Gasteiger partial charge in [0, 0.05) is 12.6 Å². The van der Waals surface area contributed by atoms with Crippen molar-refractivity contribution in [2.24, 2.45) is 0 Å². The molecule has 0 spiro atoms. The molecule has 0 radical (unpaired) electrons. The fourth-order valence-corrected chi connectivity index (χ4v) is 4.98. The van der Waals surface area contributed by atoms with E-state index in [0.717, 1.165) is 55.1 Å². The van der Waals surface area contributed by atoms with Gasteiger partial charge in [-0.2, -0.15) is 0 Å². The largest absolute Gasteiger partial charge is 0.573 e. The van der Waals surface area contributed by atoms with Crippen LogP contribution in [0.15, 0.2) is 66.7 Å². The van der Waals surface area contributed by atoms with E-state index in [4.69, 9.17) is 0 Å². The maximum absolute atomic E-state index is 12.6. The zero-order valence-corrected chi connectivity index (χ0v) is 22.1. The van der Waals surface area contributed by atoms with Gasteiger partial charge in [-0.05, 0) is 73.0 Å². The van der Waals surface area contributed by atoms with Crippen molar-refractivity contribution in [2.45, 2.75) is 58.4 Å². The smallest absolute Gasteiger partial charge is 0.406 e. The second kappa shape index (κ2) is 13.8. The number of hydrogen-bond donors (Lipinski definition) is 1. The molecule has 0 saturated carbocycles. The maximum atomic E-state index is 12.6. The average molecular weight is 537 g/mol. The number of nitrogens with zero attached hydrogens (tertiary/aromatic N) is 2. The zero-order chi connectivity index (χ0) is 26.8. The van der Waals surface area contributed by atoms with E-state index in [1.54, 1.807) is 12.1 Å². The second-order valence-corrected chi connectivity index (χ2v) is 10.0. The van der Waals surface area contributed by atoms with Crippen LogP contribution in [0.2, 0.25) is 0 Å². The van der Waals surface area contributed by atoms with E-state index in [1.807, 2.05) is 42.5 Å². The molecule has 2 unspecified atom stereocenters. The normalized spacial score (nSPS) is 13.6. The summed E-state index contributed by atoms with van der Waals surface area (Å²) in [5.74, 6) is -0.268. The van der Waals surface area contributed by atoms with Gasteiger partial charge in [0.1, 0.15) is 5.75 Å². The van der Waals surface area contributed by atoms with Crippen molar-refractivity contribution >= 4 is 27.7 Å². The minimum absolute atomic E-state index is 0.130. The molecule has 3 rings (SSSR count). The molecule has 0 aliphatic rings. The Hall–Kier alpha value is -2.62. The summed E-state index contributed by atoms with van der Waals surface area (Å²) in [6.07, 6.45) is -0.237. The van der Waals surface area contributed by atoms with Crippen LogP contribution in [0, 0.1) is 0 Å². The number of anilines is 1. The van der Waals surface area contributed by atoms with Gasteiger partial charge in [-0.3, -0.25) is 13.8 Å². The number of ether oxygens (including phenoxy) is 1. The molecule has 0 saturated heterocycles. The lowest BCUT2D eigenvalue weighted by Gasteiger charge is -2.35. The second-order valence-electron chi connectivity index (χ2n) is 9.12. The molecule has 0 bridgehead atoms. The molecule has 37 heavy (non-hydrogen) atoms. The molecule has 0 aromatic heterocycles. The molecule has 0 amide bonds. The quantitative estimate of drug-likeness (QED) is 0.222. The molecule has 0 heterocycles. The zero-order valence-electron chi connectivity index (χ0n) is 21.3. The lowest BCUT2D eigenvalue weighted by Crippen LogP contribution is -2.46. The van der Waals surface area contributed by atoms with Crippen LogP contribution in [0.1, 0.15) is 45.1 Å². The van der Waals surface area contributed by atoms with Gasteiger partial charge in [-0.1, -0.05) is 69.2 Å². The van der Waals surface area contributed by atoms with E-state index in [9.17, 15) is 21.9 Å². The van der Waals surface area contributed by atoms with Gasteiger partial charge in [-0.25, -0.2) is 4.21 Å². The van der Waals surface area contributed by atoms with Gasteiger partial charge < -0.3 is 4.74 Å². The fourth-order valence-electron chi connectivity index (χ4n) is 4.39. The number of hydrogen-bond acceptors (Lipinski definition) is 3. The molecule has 0 fully saturated rings. The predicted octanol–water partition coefficient (Wildman–Crippen LogP) is 7.20. The van der Waals surface area contributed by atoms with Crippen LogP contribution in [0.25, 0.3) is 10.8 Å². The van der Waals surface area contributed by atoms with Gasteiger partial charge in [0.2, 0.25) is 0 Å². The lowest BCUT2D eigenvalue weighted by atomic mass is 10.0.